The van der Waals surface area contributed by atoms with Crippen molar-refractivity contribution < 1.29 is 18.0 Å². The monoisotopic (exact) mass is 392 g/mol. The molecule has 0 radical (unpaired) electrons. The smallest absolute Gasteiger partial charge is 0.356 e. The van der Waals surface area contributed by atoms with Crippen molar-refractivity contribution in [1.29, 1.82) is 0 Å². The number of hydrogen-bond donors (Lipinski definition) is 0. The van der Waals surface area contributed by atoms with E-state index in [-0.39, 0.29) is 0 Å². The molecule has 1 atom stereocenters. The van der Waals surface area contributed by atoms with Gasteiger partial charge in [-0.1, -0.05) is 6.07 Å². The molecular formula is C20H23F3N4O. The van der Waals surface area contributed by atoms with Crippen LogP contribution in [0.1, 0.15) is 30.4 Å². The molecule has 1 amide bonds. The first kappa shape index (κ1) is 20.1. The number of rotatable bonds is 6. The van der Waals surface area contributed by atoms with Gasteiger partial charge in [-0.15, -0.1) is 0 Å². The molecule has 2 aromatic heterocycles. The Bertz CT molecular complexity index is 795. The molecule has 28 heavy (non-hydrogen) atoms. The fraction of sp³-hybridized carbons (Fsp3) is 0.450. The van der Waals surface area contributed by atoms with Crippen LogP contribution in [-0.2, 0) is 11.0 Å². The van der Waals surface area contributed by atoms with E-state index >= 15 is 0 Å². The Labute approximate surface area is 162 Å². The van der Waals surface area contributed by atoms with Crippen molar-refractivity contribution in [3.63, 3.8) is 0 Å². The number of carbonyl (C=O) groups excluding carboxylic acids is 1. The van der Waals surface area contributed by atoms with Gasteiger partial charge in [-0.3, -0.25) is 9.69 Å². The number of carbonyl (C=O) groups is 1. The van der Waals surface area contributed by atoms with Gasteiger partial charge in [0.15, 0.2) is 0 Å². The number of piperidine rings is 1. The van der Waals surface area contributed by atoms with Gasteiger partial charge in [0.05, 0.1) is 5.56 Å². The van der Waals surface area contributed by atoms with Crippen LogP contribution < -0.4 is 9.80 Å². The Hall–Kier alpha value is -2.64. The molecule has 3 heterocycles. The van der Waals surface area contributed by atoms with Crippen LogP contribution in [0.3, 0.4) is 0 Å². The minimum atomic E-state index is -4.38. The van der Waals surface area contributed by atoms with E-state index < -0.39 is 11.7 Å². The molecule has 5 nitrogen and oxygen atoms in total. The van der Waals surface area contributed by atoms with E-state index in [9.17, 15) is 18.0 Å². The lowest BCUT2D eigenvalue weighted by Crippen LogP contribution is -2.37. The quantitative estimate of drug-likeness (QED) is 0.696. The van der Waals surface area contributed by atoms with Crippen LogP contribution in [0.15, 0.2) is 36.7 Å². The predicted octanol–water partition coefficient (Wildman–Crippen LogP) is 4.07. The summed E-state index contributed by atoms with van der Waals surface area (Å²) < 4.78 is 38.1. The molecule has 1 unspecified atom stereocenters. The normalized spacial score (nSPS) is 17.4. The first-order valence-corrected chi connectivity index (χ1v) is 9.30. The third-order valence-electron chi connectivity index (χ3n) is 5.08. The number of pyridine rings is 2. The molecule has 1 fully saturated rings. The highest BCUT2D eigenvalue weighted by molar-refractivity contribution is 5.74. The van der Waals surface area contributed by atoms with Crippen LogP contribution in [0, 0.1) is 12.8 Å². The fourth-order valence-corrected chi connectivity index (χ4v) is 3.56. The molecule has 0 spiro atoms. The molecular weight excluding hydrogens is 369 g/mol. The van der Waals surface area contributed by atoms with Gasteiger partial charge in [0.1, 0.15) is 11.6 Å². The molecule has 1 saturated heterocycles. The summed E-state index contributed by atoms with van der Waals surface area (Å²) in [6.45, 7) is 3.95. The summed E-state index contributed by atoms with van der Waals surface area (Å²) in [4.78, 5) is 23.4. The Morgan fingerprint density at radius 2 is 2.11 bits per heavy atom. The Kier molecular flexibility index (Phi) is 6.16. The minimum Gasteiger partial charge on any atom is -0.356 e. The highest BCUT2D eigenvalue weighted by Crippen LogP contribution is 2.30. The number of nitrogens with zero attached hydrogens (tertiary/aromatic N) is 4. The van der Waals surface area contributed by atoms with Crippen LogP contribution in [0.25, 0.3) is 0 Å². The summed E-state index contributed by atoms with van der Waals surface area (Å²) >= 11 is 0. The predicted molar refractivity (Wildman–Crippen MR) is 101 cm³/mol. The van der Waals surface area contributed by atoms with Crippen molar-refractivity contribution in [1.82, 2.24) is 9.97 Å². The third-order valence-corrected chi connectivity index (χ3v) is 5.08. The Morgan fingerprint density at radius 1 is 1.29 bits per heavy atom. The lowest BCUT2D eigenvalue weighted by molar-refractivity contribution is -0.137. The number of halogens is 3. The molecule has 0 saturated carbocycles. The SMILES string of the molecule is Cc1cccnc1N(C=O)CCC1CCCN(c2ccc(C(F)(F)F)cn2)C1. The maximum atomic E-state index is 12.7. The first-order valence-electron chi connectivity index (χ1n) is 9.30. The van der Waals surface area contributed by atoms with Gasteiger partial charge in [-0.2, -0.15) is 13.2 Å². The standard InChI is InChI=1S/C20H23F3N4O/c1-15-4-2-9-24-19(15)27(14-28)11-8-16-5-3-10-26(13-16)18-7-6-17(12-25-18)20(21,22)23/h2,4,6-7,9,12,14,16H,3,5,8,10-11,13H2,1H3. The molecule has 1 aliphatic heterocycles. The van der Waals surface area contributed by atoms with Crippen LogP contribution in [0.4, 0.5) is 24.8 Å². The highest BCUT2D eigenvalue weighted by Gasteiger charge is 2.31. The van der Waals surface area contributed by atoms with Crippen molar-refractivity contribution in [3.8, 4) is 0 Å². The van der Waals surface area contributed by atoms with Crippen LogP contribution in [0.5, 0.6) is 0 Å². The van der Waals surface area contributed by atoms with E-state index in [0.717, 1.165) is 50.0 Å². The van der Waals surface area contributed by atoms with Gasteiger partial charge in [0.25, 0.3) is 0 Å². The molecule has 0 N–H and O–H groups in total. The van der Waals surface area contributed by atoms with Gasteiger partial charge < -0.3 is 4.90 Å². The second-order valence-electron chi connectivity index (χ2n) is 7.09. The fourth-order valence-electron chi connectivity index (χ4n) is 3.56. The van der Waals surface area contributed by atoms with Crippen molar-refractivity contribution in [3.05, 3.63) is 47.8 Å². The van der Waals surface area contributed by atoms with Gasteiger partial charge in [0.2, 0.25) is 6.41 Å². The zero-order chi connectivity index (χ0) is 20.1. The summed E-state index contributed by atoms with van der Waals surface area (Å²) in [5.74, 6) is 1.56. The molecule has 3 rings (SSSR count). The second-order valence-corrected chi connectivity index (χ2v) is 7.09. The summed E-state index contributed by atoms with van der Waals surface area (Å²) in [5.41, 5.74) is 0.200. The minimum absolute atomic E-state index is 0.337. The molecule has 0 aliphatic carbocycles. The van der Waals surface area contributed by atoms with Crippen LogP contribution >= 0.6 is 0 Å². The van der Waals surface area contributed by atoms with Gasteiger partial charge in [-0.05, 0) is 55.9 Å². The van der Waals surface area contributed by atoms with E-state index in [1.165, 1.54) is 6.07 Å². The summed E-state index contributed by atoms with van der Waals surface area (Å²) in [6, 6.07) is 6.25. The van der Waals surface area contributed by atoms with E-state index in [0.29, 0.717) is 30.6 Å². The van der Waals surface area contributed by atoms with E-state index in [1.807, 2.05) is 24.0 Å². The number of anilines is 2. The molecule has 150 valence electrons. The number of aromatic nitrogens is 2. The van der Waals surface area contributed by atoms with Crippen LogP contribution in [0.2, 0.25) is 0 Å². The number of hydrogen-bond acceptors (Lipinski definition) is 4. The lowest BCUT2D eigenvalue weighted by atomic mass is 9.94. The molecule has 0 aromatic carbocycles. The van der Waals surface area contributed by atoms with Gasteiger partial charge in [-0.25, -0.2) is 9.97 Å². The van der Waals surface area contributed by atoms with Gasteiger partial charge in [0, 0.05) is 32.0 Å². The first-order chi connectivity index (χ1) is 13.4. The third kappa shape index (κ3) is 4.79. The maximum Gasteiger partial charge on any atom is 0.417 e. The van der Waals surface area contributed by atoms with Crippen molar-refractivity contribution in [2.24, 2.45) is 5.92 Å². The average molecular weight is 392 g/mol. The number of aryl methyl sites for hydroxylation is 1. The van der Waals surface area contributed by atoms with Gasteiger partial charge >= 0.3 is 6.18 Å². The van der Waals surface area contributed by atoms with E-state index in [1.54, 1.807) is 11.1 Å². The van der Waals surface area contributed by atoms with Crippen molar-refractivity contribution in [2.45, 2.75) is 32.4 Å². The topological polar surface area (TPSA) is 49.3 Å². The molecule has 2 aromatic rings. The maximum absolute atomic E-state index is 12.7. The van der Waals surface area contributed by atoms with Crippen molar-refractivity contribution in [2.75, 3.05) is 29.4 Å². The Balaban J connectivity index is 1.60. The van der Waals surface area contributed by atoms with Crippen molar-refractivity contribution >= 4 is 18.0 Å². The number of alkyl halides is 3. The lowest BCUT2D eigenvalue weighted by Gasteiger charge is -2.34. The zero-order valence-electron chi connectivity index (χ0n) is 15.7. The summed E-state index contributed by atoms with van der Waals surface area (Å²) in [6.07, 6.45) is 1.73. The number of amides is 1. The highest BCUT2D eigenvalue weighted by atomic mass is 19.4. The summed E-state index contributed by atoms with van der Waals surface area (Å²) in [7, 11) is 0. The zero-order valence-corrected chi connectivity index (χ0v) is 15.7. The van der Waals surface area contributed by atoms with E-state index in [4.69, 9.17) is 0 Å². The summed E-state index contributed by atoms with van der Waals surface area (Å²) in [5, 5.41) is 0. The Morgan fingerprint density at radius 3 is 2.75 bits per heavy atom. The molecule has 0 bridgehead atoms. The van der Waals surface area contributed by atoms with Crippen LogP contribution in [-0.4, -0.2) is 36.0 Å². The largest absolute Gasteiger partial charge is 0.417 e. The molecule has 8 heteroatoms. The second kappa shape index (κ2) is 8.58. The molecule has 1 aliphatic rings. The van der Waals surface area contributed by atoms with E-state index in [2.05, 4.69) is 9.97 Å². The average Bonchev–Trinajstić information content (AvgIpc) is 2.69.